The van der Waals surface area contributed by atoms with E-state index in [9.17, 15) is 19.8 Å². The molecule has 0 atom stereocenters. The third-order valence-electron chi connectivity index (χ3n) is 5.23. The Morgan fingerprint density at radius 3 is 1.38 bits per heavy atom. The number of aryl methyl sites for hydroxylation is 2. The van der Waals surface area contributed by atoms with Gasteiger partial charge in [-0.15, -0.1) is 0 Å². The number of rotatable bonds is 2. The van der Waals surface area contributed by atoms with Gasteiger partial charge in [0.2, 0.25) is 0 Å². The molecule has 0 unspecified atom stereocenters. The van der Waals surface area contributed by atoms with Crippen LogP contribution in [0, 0.1) is 0 Å². The van der Waals surface area contributed by atoms with Gasteiger partial charge in [0.05, 0.1) is 11.1 Å². The van der Waals surface area contributed by atoms with Crippen molar-refractivity contribution in [3.8, 4) is 0 Å². The smallest absolute Gasteiger partial charge is 0.336 e. The molecule has 0 saturated heterocycles. The van der Waals surface area contributed by atoms with Crippen LogP contribution in [-0.2, 0) is 25.7 Å². The molecule has 4 rings (SSSR count). The third-order valence-corrected chi connectivity index (χ3v) is 5.23. The molecule has 2 aliphatic carbocycles. The van der Waals surface area contributed by atoms with Gasteiger partial charge in [0.15, 0.2) is 0 Å². The van der Waals surface area contributed by atoms with Crippen molar-refractivity contribution in [3.63, 3.8) is 0 Å². The average molecular weight is 322 g/mol. The molecule has 0 bridgehead atoms. The highest BCUT2D eigenvalue weighted by molar-refractivity contribution is 6.02. The van der Waals surface area contributed by atoms with Crippen molar-refractivity contribution in [2.45, 2.75) is 38.5 Å². The summed E-state index contributed by atoms with van der Waals surface area (Å²) in [7, 11) is 0. The molecular weight excluding hydrogens is 304 g/mol. The van der Waals surface area contributed by atoms with E-state index in [1.807, 2.05) is 0 Å². The van der Waals surface area contributed by atoms with Crippen molar-refractivity contribution < 1.29 is 19.8 Å². The van der Waals surface area contributed by atoms with Gasteiger partial charge in [-0.05, 0) is 84.0 Å². The van der Waals surface area contributed by atoms with E-state index in [-0.39, 0.29) is 11.1 Å². The van der Waals surface area contributed by atoms with Crippen molar-refractivity contribution in [2.24, 2.45) is 0 Å². The number of hydrogen-bond donors (Lipinski definition) is 2. The number of carboxylic acids is 2. The lowest BCUT2D eigenvalue weighted by molar-refractivity contribution is 0.0651. The van der Waals surface area contributed by atoms with E-state index < -0.39 is 11.9 Å². The summed E-state index contributed by atoms with van der Waals surface area (Å²) in [6.07, 6.45) is 6.05. The Bertz CT molecular complexity index is 808. The van der Waals surface area contributed by atoms with E-state index in [4.69, 9.17) is 0 Å². The number of carbonyl (C=O) groups is 2. The summed E-state index contributed by atoms with van der Waals surface area (Å²) in [5.74, 6) is -2.38. The summed E-state index contributed by atoms with van der Waals surface area (Å²) < 4.78 is 0. The highest BCUT2D eigenvalue weighted by Crippen LogP contribution is 2.33. The lowest BCUT2D eigenvalue weighted by atomic mass is 9.80. The zero-order valence-electron chi connectivity index (χ0n) is 13.3. The molecule has 2 aliphatic rings. The van der Waals surface area contributed by atoms with E-state index in [1.165, 1.54) is 35.1 Å². The number of hydrogen-bond acceptors (Lipinski definition) is 2. The maximum absolute atomic E-state index is 11.4. The minimum atomic E-state index is -1.19. The first kappa shape index (κ1) is 14.9. The van der Waals surface area contributed by atoms with Crippen LogP contribution >= 0.6 is 0 Å². The molecule has 2 aromatic carbocycles. The van der Waals surface area contributed by atoms with Crippen LogP contribution in [0.15, 0.2) is 24.3 Å². The maximum atomic E-state index is 11.4. The van der Waals surface area contributed by atoms with Gasteiger partial charge < -0.3 is 10.2 Å². The molecule has 0 spiro atoms. The quantitative estimate of drug-likeness (QED) is 0.758. The van der Waals surface area contributed by atoms with Crippen LogP contribution in [0.25, 0.3) is 0 Å². The summed E-state index contributed by atoms with van der Waals surface area (Å²) in [6.45, 7) is 0. The predicted molar refractivity (Wildman–Crippen MR) is 89.1 cm³/mol. The molecule has 0 heterocycles. The highest BCUT2D eigenvalue weighted by atomic mass is 16.4. The fraction of sp³-hybridized carbons (Fsp3) is 0.300. The predicted octanol–water partition coefficient (Wildman–Crippen LogP) is 3.46. The summed E-state index contributed by atoms with van der Waals surface area (Å²) in [5.41, 5.74) is 6.96. The van der Waals surface area contributed by atoms with Crippen molar-refractivity contribution >= 4 is 11.9 Å². The largest absolute Gasteiger partial charge is 0.478 e. The first-order valence-corrected chi connectivity index (χ1v) is 8.29. The fourth-order valence-corrected chi connectivity index (χ4v) is 4.00. The van der Waals surface area contributed by atoms with Crippen molar-refractivity contribution in [2.75, 3.05) is 0 Å². The van der Waals surface area contributed by atoms with Gasteiger partial charge >= 0.3 is 11.9 Å². The van der Waals surface area contributed by atoms with Crippen LogP contribution < -0.4 is 0 Å². The van der Waals surface area contributed by atoms with E-state index in [2.05, 4.69) is 12.1 Å². The molecule has 0 fully saturated rings. The molecule has 0 saturated carbocycles. The van der Waals surface area contributed by atoms with Gasteiger partial charge in [-0.25, -0.2) is 9.59 Å². The van der Waals surface area contributed by atoms with E-state index in [1.54, 1.807) is 12.1 Å². The van der Waals surface area contributed by atoms with E-state index >= 15 is 0 Å². The van der Waals surface area contributed by atoms with Gasteiger partial charge in [-0.3, -0.25) is 0 Å². The summed E-state index contributed by atoms with van der Waals surface area (Å²) in [4.78, 5) is 22.8. The first-order chi connectivity index (χ1) is 11.5. The Kier molecular flexibility index (Phi) is 3.41. The fourth-order valence-electron chi connectivity index (χ4n) is 4.00. The zero-order chi connectivity index (χ0) is 16.8. The van der Waals surface area contributed by atoms with Gasteiger partial charge in [0.1, 0.15) is 0 Å². The Hall–Kier alpha value is -2.62. The second kappa shape index (κ2) is 5.48. The Labute approximate surface area is 139 Å². The molecule has 4 heteroatoms. The molecule has 0 amide bonds. The summed E-state index contributed by atoms with van der Waals surface area (Å²) in [5, 5.41) is 18.6. The van der Waals surface area contributed by atoms with Crippen molar-refractivity contribution in [1.82, 2.24) is 0 Å². The number of benzene rings is 2. The van der Waals surface area contributed by atoms with Crippen LogP contribution in [0.4, 0.5) is 0 Å². The molecule has 0 aliphatic heterocycles. The van der Waals surface area contributed by atoms with Crippen molar-refractivity contribution in [1.29, 1.82) is 0 Å². The van der Waals surface area contributed by atoms with Gasteiger partial charge in [0, 0.05) is 0 Å². The van der Waals surface area contributed by atoms with E-state index in [0.29, 0.717) is 12.8 Å². The monoisotopic (exact) mass is 322 g/mol. The Balaban J connectivity index is 1.81. The molecule has 2 N–H and O–H groups in total. The third kappa shape index (κ3) is 2.39. The molecule has 122 valence electrons. The van der Waals surface area contributed by atoms with Gasteiger partial charge in [-0.2, -0.15) is 0 Å². The molecule has 24 heavy (non-hydrogen) atoms. The number of carboxylic acid groups (broad SMARTS) is 2. The Morgan fingerprint density at radius 1 is 0.625 bits per heavy atom. The second-order valence-electron chi connectivity index (χ2n) is 6.73. The van der Waals surface area contributed by atoms with Gasteiger partial charge in [-0.1, -0.05) is 12.1 Å². The first-order valence-electron chi connectivity index (χ1n) is 8.29. The summed E-state index contributed by atoms with van der Waals surface area (Å²) in [6, 6.07) is 7.64. The Morgan fingerprint density at radius 2 is 1.00 bits per heavy atom. The number of fused-ring (bicyclic) bond motifs is 3. The maximum Gasteiger partial charge on any atom is 0.336 e. The minimum Gasteiger partial charge on any atom is -0.478 e. The van der Waals surface area contributed by atoms with Crippen LogP contribution in [0.5, 0.6) is 0 Å². The topological polar surface area (TPSA) is 74.6 Å². The van der Waals surface area contributed by atoms with Crippen LogP contribution in [0.1, 0.15) is 66.9 Å². The van der Waals surface area contributed by atoms with E-state index in [0.717, 1.165) is 24.0 Å². The standard InChI is InChI=1S/C20H18O4/c21-19(22)17-9-15-7-13-5-11-3-1-2-4-12(11)6-14(13)8-16(15)10-18(17)20(23)24/h5-6,9-10H,1-4,7-8H2,(H,21,22)(H,23,24). The SMILES string of the molecule is O=C(O)c1cc2c(cc1C(=O)O)Cc1cc3c(cc1C2)CCCC3. The lowest BCUT2D eigenvalue weighted by Crippen LogP contribution is -2.15. The van der Waals surface area contributed by atoms with Crippen LogP contribution in [0.3, 0.4) is 0 Å². The lowest BCUT2D eigenvalue weighted by Gasteiger charge is -2.25. The molecule has 2 aromatic rings. The normalized spacial score (nSPS) is 15.2. The van der Waals surface area contributed by atoms with Crippen LogP contribution in [0.2, 0.25) is 0 Å². The number of aromatic carboxylic acids is 2. The zero-order valence-corrected chi connectivity index (χ0v) is 13.3. The molecule has 4 nitrogen and oxygen atoms in total. The molecule has 0 aromatic heterocycles. The van der Waals surface area contributed by atoms with Crippen molar-refractivity contribution in [3.05, 3.63) is 68.8 Å². The van der Waals surface area contributed by atoms with Gasteiger partial charge in [0.25, 0.3) is 0 Å². The summed E-state index contributed by atoms with van der Waals surface area (Å²) >= 11 is 0. The minimum absolute atomic E-state index is 0.123. The highest BCUT2D eigenvalue weighted by Gasteiger charge is 2.24. The second-order valence-corrected chi connectivity index (χ2v) is 6.73. The molecular formula is C20H18O4. The van der Waals surface area contributed by atoms with Crippen LogP contribution in [-0.4, -0.2) is 22.2 Å². The average Bonchev–Trinajstić information content (AvgIpc) is 2.56. The molecule has 0 radical (unpaired) electrons.